The van der Waals surface area contributed by atoms with Gasteiger partial charge in [-0.15, -0.1) is 0 Å². The van der Waals surface area contributed by atoms with Gasteiger partial charge in [0.2, 0.25) is 0 Å². The largest absolute Gasteiger partial charge is 0.368 e. The third-order valence-electron chi connectivity index (χ3n) is 3.16. The monoisotopic (exact) mass is 236 g/mol. The van der Waals surface area contributed by atoms with Crippen LogP contribution in [0.3, 0.4) is 0 Å². The van der Waals surface area contributed by atoms with Gasteiger partial charge in [0.05, 0.1) is 0 Å². The highest BCUT2D eigenvalue weighted by Gasteiger charge is 2.17. The van der Waals surface area contributed by atoms with Gasteiger partial charge in [0.25, 0.3) is 0 Å². The van der Waals surface area contributed by atoms with Crippen molar-refractivity contribution in [2.24, 2.45) is 5.84 Å². The molecule has 2 rings (SSSR count). The van der Waals surface area contributed by atoms with E-state index in [0.717, 1.165) is 12.4 Å². The Hall–Kier alpha value is -1.40. The lowest BCUT2D eigenvalue weighted by Crippen LogP contribution is -2.35. The molecule has 1 aromatic rings. The fourth-order valence-electron chi connectivity index (χ4n) is 2.10. The van der Waals surface area contributed by atoms with Gasteiger partial charge in [-0.1, -0.05) is 0 Å². The average molecular weight is 236 g/mol. The van der Waals surface area contributed by atoms with Crippen molar-refractivity contribution in [3.63, 3.8) is 0 Å². The van der Waals surface area contributed by atoms with E-state index in [1.807, 2.05) is 0 Å². The van der Waals surface area contributed by atoms with E-state index in [0.29, 0.717) is 11.9 Å². The number of hydrogen-bond acceptors (Lipinski definition) is 6. The van der Waals surface area contributed by atoms with Crippen LogP contribution in [0.1, 0.15) is 19.8 Å². The molecule has 1 unspecified atom stereocenters. The Balaban J connectivity index is 1.83. The molecule has 0 aliphatic carbocycles. The number of anilines is 2. The van der Waals surface area contributed by atoms with Crippen molar-refractivity contribution < 1.29 is 0 Å². The van der Waals surface area contributed by atoms with Gasteiger partial charge in [-0.2, -0.15) is 0 Å². The van der Waals surface area contributed by atoms with Crippen LogP contribution >= 0.6 is 0 Å². The molecular formula is C11H20N6. The molecule has 6 heteroatoms. The van der Waals surface area contributed by atoms with E-state index in [4.69, 9.17) is 5.84 Å². The number of hydrazine groups is 1. The quantitative estimate of drug-likeness (QED) is 0.515. The van der Waals surface area contributed by atoms with Crippen LogP contribution in [-0.2, 0) is 0 Å². The molecule has 1 aliphatic heterocycles. The molecule has 0 saturated carbocycles. The van der Waals surface area contributed by atoms with Gasteiger partial charge in [0.1, 0.15) is 18.0 Å². The Bertz CT molecular complexity index is 350. The van der Waals surface area contributed by atoms with Crippen LogP contribution in [-0.4, -0.2) is 40.5 Å². The fraction of sp³-hybridized carbons (Fsp3) is 0.636. The van der Waals surface area contributed by atoms with Crippen LogP contribution in [0.2, 0.25) is 0 Å². The van der Waals surface area contributed by atoms with E-state index in [-0.39, 0.29) is 0 Å². The standard InChI is InChI=1S/C11H20N6/c1-9(17-4-2-3-5-17)7-13-10-6-11(16-12)15-8-14-10/h6,8-9H,2-5,7,12H2,1H3,(H2,13,14,15,16). The van der Waals surface area contributed by atoms with E-state index in [9.17, 15) is 0 Å². The molecule has 1 atom stereocenters. The molecule has 0 spiro atoms. The van der Waals surface area contributed by atoms with E-state index in [1.54, 1.807) is 6.07 Å². The second kappa shape index (κ2) is 5.79. The summed E-state index contributed by atoms with van der Waals surface area (Å²) in [5, 5.41) is 3.31. The Morgan fingerprint density at radius 2 is 2.06 bits per heavy atom. The van der Waals surface area contributed by atoms with Crippen molar-refractivity contribution >= 4 is 11.6 Å². The first-order valence-electron chi connectivity index (χ1n) is 6.06. The molecule has 0 aromatic carbocycles. The molecule has 4 N–H and O–H groups in total. The third-order valence-corrected chi connectivity index (χ3v) is 3.16. The Labute approximate surface area is 102 Å². The highest BCUT2D eigenvalue weighted by atomic mass is 15.3. The predicted molar refractivity (Wildman–Crippen MR) is 68.6 cm³/mol. The van der Waals surface area contributed by atoms with Gasteiger partial charge in [-0.05, 0) is 32.9 Å². The van der Waals surface area contributed by atoms with Crippen molar-refractivity contribution in [3.8, 4) is 0 Å². The zero-order valence-electron chi connectivity index (χ0n) is 10.2. The maximum absolute atomic E-state index is 5.30. The summed E-state index contributed by atoms with van der Waals surface area (Å²) in [7, 11) is 0. The first-order chi connectivity index (χ1) is 8.29. The highest BCUT2D eigenvalue weighted by molar-refractivity contribution is 5.45. The first-order valence-corrected chi connectivity index (χ1v) is 6.06. The zero-order chi connectivity index (χ0) is 12.1. The number of hydrogen-bond donors (Lipinski definition) is 3. The van der Waals surface area contributed by atoms with E-state index in [1.165, 1.54) is 32.3 Å². The minimum atomic E-state index is 0.529. The molecule has 0 radical (unpaired) electrons. The molecule has 6 nitrogen and oxygen atoms in total. The van der Waals surface area contributed by atoms with Crippen molar-refractivity contribution in [2.45, 2.75) is 25.8 Å². The van der Waals surface area contributed by atoms with E-state index >= 15 is 0 Å². The number of likely N-dealkylation sites (tertiary alicyclic amines) is 1. The Morgan fingerprint density at radius 3 is 2.76 bits per heavy atom. The molecular weight excluding hydrogens is 216 g/mol. The molecule has 94 valence electrons. The number of rotatable bonds is 5. The smallest absolute Gasteiger partial charge is 0.145 e. The highest BCUT2D eigenvalue weighted by Crippen LogP contribution is 2.12. The lowest BCUT2D eigenvalue weighted by molar-refractivity contribution is 0.269. The lowest BCUT2D eigenvalue weighted by atomic mass is 10.3. The van der Waals surface area contributed by atoms with E-state index < -0.39 is 0 Å². The number of aromatic nitrogens is 2. The number of nitrogen functional groups attached to an aromatic ring is 1. The Morgan fingerprint density at radius 1 is 1.35 bits per heavy atom. The first kappa shape index (κ1) is 12.1. The zero-order valence-corrected chi connectivity index (χ0v) is 10.2. The van der Waals surface area contributed by atoms with E-state index in [2.05, 4.69) is 32.5 Å². The Kier molecular flexibility index (Phi) is 4.11. The van der Waals surface area contributed by atoms with Crippen LogP contribution in [0, 0.1) is 0 Å². The van der Waals surface area contributed by atoms with Crippen LogP contribution in [0.25, 0.3) is 0 Å². The molecule has 1 saturated heterocycles. The molecule has 17 heavy (non-hydrogen) atoms. The van der Waals surface area contributed by atoms with Gasteiger partial charge in [0, 0.05) is 18.7 Å². The molecule has 1 aromatic heterocycles. The van der Waals surface area contributed by atoms with Gasteiger partial charge in [-0.3, -0.25) is 4.90 Å². The maximum atomic E-state index is 5.30. The minimum absolute atomic E-state index is 0.529. The molecule has 2 heterocycles. The topological polar surface area (TPSA) is 79.1 Å². The summed E-state index contributed by atoms with van der Waals surface area (Å²) in [5.74, 6) is 6.72. The van der Waals surface area contributed by atoms with Crippen LogP contribution in [0.4, 0.5) is 11.6 Å². The molecule has 0 bridgehead atoms. The third kappa shape index (κ3) is 3.28. The van der Waals surface area contributed by atoms with Gasteiger partial charge in [0.15, 0.2) is 0 Å². The lowest BCUT2D eigenvalue weighted by Gasteiger charge is -2.24. The van der Waals surface area contributed by atoms with Gasteiger partial charge in [-0.25, -0.2) is 15.8 Å². The predicted octanol–water partition coefficient (Wildman–Crippen LogP) is 0.658. The summed E-state index contributed by atoms with van der Waals surface area (Å²) in [6.07, 6.45) is 4.14. The van der Waals surface area contributed by atoms with Crippen LogP contribution < -0.4 is 16.6 Å². The molecule has 0 amide bonds. The maximum Gasteiger partial charge on any atom is 0.145 e. The van der Waals surface area contributed by atoms with Crippen molar-refractivity contribution in [2.75, 3.05) is 30.4 Å². The number of nitrogens with zero attached hydrogens (tertiary/aromatic N) is 3. The van der Waals surface area contributed by atoms with Gasteiger partial charge < -0.3 is 10.7 Å². The fourth-order valence-corrected chi connectivity index (χ4v) is 2.10. The second-order valence-corrected chi connectivity index (χ2v) is 4.41. The minimum Gasteiger partial charge on any atom is -0.368 e. The second-order valence-electron chi connectivity index (χ2n) is 4.41. The van der Waals surface area contributed by atoms with Crippen molar-refractivity contribution in [1.82, 2.24) is 14.9 Å². The average Bonchev–Trinajstić information content (AvgIpc) is 2.90. The van der Waals surface area contributed by atoms with Crippen molar-refractivity contribution in [1.29, 1.82) is 0 Å². The molecule has 1 aliphatic rings. The van der Waals surface area contributed by atoms with Crippen LogP contribution in [0.15, 0.2) is 12.4 Å². The molecule has 1 fully saturated rings. The summed E-state index contributed by atoms with van der Waals surface area (Å²) in [4.78, 5) is 10.6. The van der Waals surface area contributed by atoms with Gasteiger partial charge >= 0.3 is 0 Å². The number of nitrogens with two attached hydrogens (primary N) is 1. The van der Waals surface area contributed by atoms with Crippen molar-refractivity contribution in [3.05, 3.63) is 12.4 Å². The number of nitrogens with one attached hydrogen (secondary N) is 2. The summed E-state index contributed by atoms with van der Waals surface area (Å²) in [6, 6.07) is 2.33. The van der Waals surface area contributed by atoms with Crippen LogP contribution in [0.5, 0.6) is 0 Å². The SMILES string of the molecule is CC(CNc1cc(NN)ncn1)N1CCCC1. The normalized spacial score (nSPS) is 18.0. The summed E-state index contributed by atoms with van der Waals surface area (Å²) < 4.78 is 0. The summed E-state index contributed by atoms with van der Waals surface area (Å²) >= 11 is 0. The summed E-state index contributed by atoms with van der Waals surface area (Å²) in [5.41, 5.74) is 2.51. The summed E-state index contributed by atoms with van der Waals surface area (Å²) in [6.45, 7) is 5.55.